The maximum Gasteiger partial charge on any atom is 0.311 e. The lowest BCUT2D eigenvalue weighted by Crippen LogP contribution is -2.39. The largest absolute Gasteiger partial charge is 0.469 e. The molecule has 0 spiro atoms. The summed E-state index contributed by atoms with van der Waals surface area (Å²) in [6.45, 7) is 1.89. The Bertz CT molecular complexity index is 1120. The third-order valence-electron chi connectivity index (χ3n) is 5.76. The van der Waals surface area contributed by atoms with Crippen molar-refractivity contribution in [3.63, 3.8) is 0 Å². The van der Waals surface area contributed by atoms with Crippen molar-refractivity contribution in [3.8, 4) is 11.4 Å². The maximum atomic E-state index is 14.5. The molecule has 0 aliphatic heterocycles. The molecule has 0 aromatic carbocycles. The average molecular weight is 432 g/mol. The molecule has 0 radical (unpaired) electrons. The summed E-state index contributed by atoms with van der Waals surface area (Å²) < 4.78 is 21.3. The van der Waals surface area contributed by atoms with Crippen molar-refractivity contribution in [3.05, 3.63) is 35.5 Å². The van der Waals surface area contributed by atoms with Crippen LogP contribution in [0, 0.1) is 11.2 Å². The van der Waals surface area contributed by atoms with Crippen molar-refractivity contribution in [1.29, 1.82) is 0 Å². The summed E-state index contributed by atoms with van der Waals surface area (Å²) in [5, 5.41) is 4.47. The van der Waals surface area contributed by atoms with Gasteiger partial charge in [0.1, 0.15) is 5.65 Å². The number of hydrogen-bond donors (Lipinski definition) is 1. The number of esters is 1. The highest BCUT2D eigenvalue weighted by Gasteiger charge is 2.39. The molecule has 1 aliphatic rings. The van der Waals surface area contributed by atoms with Gasteiger partial charge in [-0.1, -0.05) is 18.0 Å². The molecular weight excluding hydrogens is 409 g/mol. The number of nitrogens with one attached hydrogen (secondary N) is 1. The fourth-order valence-corrected chi connectivity index (χ4v) is 4.40. The van der Waals surface area contributed by atoms with Gasteiger partial charge in [-0.3, -0.25) is 4.79 Å². The Balaban J connectivity index is 1.65. The van der Waals surface area contributed by atoms with Crippen LogP contribution in [0.5, 0.6) is 0 Å². The van der Waals surface area contributed by atoms with Gasteiger partial charge in [-0.25, -0.2) is 19.3 Å². The number of hydrogen-bond acceptors (Lipinski definition) is 6. The second kappa shape index (κ2) is 7.83. The Morgan fingerprint density at radius 1 is 1.40 bits per heavy atom. The highest BCUT2D eigenvalue weighted by molar-refractivity contribution is 6.31. The fourth-order valence-electron chi connectivity index (χ4n) is 4.25. The smallest absolute Gasteiger partial charge is 0.311 e. The first-order valence-corrected chi connectivity index (χ1v) is 10.2. The molecule has 3 aromatic rings. The number of carbonyl (C=O) groups is 1. The number of halogens is 2. The minimum Gasteiger partial charge on any atom is -0.469 e. The van der Waals surface area contributed by atoms with Crippen LogP contribution in [0.3, 0.4) is 0 Å². The van der Waals surface area contributed by atoms with Gasteiger partial charge in [0.05, 0.1) is 23.7 Å². The van der Waals surface area contributed by atoms with Gasteiger partial charge in [0, 0.05) is 36.4 Å². The Hall–Kier alpha value is -2.74. The average Bonchev–Trinajstić information content (AvgIpc) is 3.04. The van der Waals surface area contributed by atoms with E-state index < -0.39 is 11.2 Å². The van der Waals surface area contributed by atoms with Crippen LogP contribution in [0.1, 0.15) is 32.6 Å². The number of nitrogens with zero attached hydrogens (tertiary/aromatic N) is 4. The van der Waals surface area contributed by atoms with E-state index in [1.165, 1.54) is 7.11 Å². The second-order valence-corrected chi connectivity index (χ2v) is 8.49. The van der Waals surface area contributed by atoms with E-state index in [0.717, 1.165) is 36.5 Å². The summed E-state index contributed by atoms with van der Waals surface area (Å²) in [6.07, 6.45) is 7.54. The number of ether oxygens (including phenoxy) is 1. The molecule has 4 rings (SSSR count). The predicted octanol–water partition coefficient (Wildman–Crippen LogP) is 4.36. The Labute approximate surface area is 178 Å². The van der Waals surface area contributed by atoms with Crippen LogP contribution in [0.4, 0.5) is 10.2 Å². The van der Waals surface area contributed by atoms with Gasteiger partial charge in [0.15, 0.2) is 17.5 Å². The van der Waals surface area contributed by atoms with Crippen molar-refractivity contribution >= 4 is 34.4 Å². The molecule has 1 fully saturated rings. The van der Waals surface area contributed by atoms with Gasteiger partial charge in [-0.05, 0) is 32.3 Å². The van der Waals surface area contributed by atoms with E-state index in [4.69, 9.17) is 16.3 Å². The molecule has 0 amide bonds. The van der Waals surface area contributed by atoms with Crippen LogP contribution in [-0.2, 0) is 16.6 Å². The van der Waals surface area contributed by atoms with Crippen LogP contribution in [0.2, 0.25) is 5.02 Å². The molecule has 1 aliphatic carbocycles. The number of methoxy groups -OCH3 is 1. The number of anilines is 1. The number of aromatic nitrogens is 4. The van der Waals surface area contributed by atoms with E-state index in [1.807, 2.05) is 24.7 Å². The van der Waals surface area contributed by atoms with Crippen LogP contribution in [0.25, 0.3) is 22.4 Å². The molecular formula is C21H23ClFN5O2. The molecule has 1 N–H and O–H groups in total. The number of aryl methyl sites for hydroxylation is 1. The number of pyridine rings is 1. The maximum absolute atomic E-state index is 14.5. The van der Waals surface area contributed by atoms with Crippen LogP contribution in [-0.4, -0.2) is 38.6 Å². The molecule has 1 saturated carbocycles. The summed E-state index contributed by atoms with van der Waals surface area (Å²) in [5.41, 5.74) is 0.862. The van der Waals surface area contributed by atoms with E-state index in [-0.39, 0.29) is 17.8 Å². The van der Waals surface area contributed by atoms with E-state index in [9.17, 15) is 9.18 Å². The van der Waals surface area contributed by atoms with Gasteiger partial charge >= 0.3 is 5.97 Å². The first-order chi connectivity index (χ1) is 14.3. The molecule has 7 nitrogen and oxygen atoms in total. The zero-order valence-corrected chi connectivity index (χ0v) is 17.8. The summed E-state index contributed by atoms with van der Waals surface area (Å²) >= 11 is 6.11. The first kappa shape index (κ1) is 20.5. The summed E-state index contributed by atoms with van der Waals surface area (Å²) in [5.74, 6) is -0.287. The van der Waals surface area contributed by atoms with Gasteiger partial charge < -0.3 is 14.6 Å². The lowest BCUT2D eigenvalue weighted by molar-refractivity contribution is -0.153. The minimum absolute atomic E-state index is 0.0938. The summed E-state index contributed by atoms with van der Waals surface area (Å²) in [7, 11) is 3.26. The van der Waals surface area contributed by atoms with Crippen molar-refractivity contribution in [2.75, 3.05) is 12.4 Å². The zero-order chi connectivity index (χ0) is 21.5. The summed E-state index contributed by atoms with van der Waals surface area (Å²) in [4.78, 5) is 25.1. The van der Waals surface area contributed by atoms with E-state index >= 15 is 0 Å². The number of fused-ring (bicyclic) bond motifs is 1. The lowest BCUT2D eigenvalue weighted by Gasteiger charge is -2.36. The molecule has 158 valence electrons. The Morgan fingerprint density at radius 2 is 2.20 bits per heavy atom. The lowest BCUT2D eigenvalue weighted by atomic mass is 9.73. The van der Waals surface area contributed by atoms with E-state index in [1.54, 1.807) is 12.3 Å². The fraction of sp³-hybridized carbons (Fsp3) is 0.429. The topological polar surface area (TPSA) is 81.9 Å². The van der Waals surface area contributed by atoms with Crippen LogP contribution in [0.15, 0.2) is 24.7 Å². The molecule has 9 heteroatoms. The standard InChI is InChI=1S/C21H23ClFN5O2/c1-21(20(29)30-3)6-4-5-13(8-21)26-18-16(23)10-24-17(27-18)15-11-28(2)19-14(15)7-12(22)9-25-19/h7,9-11,13H,4-6,8H2,1-3H3,(H,24,26,27)/t13?,21-/m1/s1. The zero-order valence-electron chi connectivity index (χ0n) is 17.1. The summed E-state index contributed by atoms with van der Waals surface area (Å²) in [6, 6.07) is 1.70. The van der Waals surface area contributed by atoms with Crippen molar-refractivity contribution in [1.82, 2.24) is 19.5 Å². The quantitative estimate of drug-likeness (QED) is 0.618. The van der Waals surface area contributed by atoms with Crippen molar-refractivity contribution < 1.29 is 13.9 Å². The van der Waals surface area contributed by atoms with Gasteiger partial charge in [0.2, 0.25) is 0 Å². The molecule has 0 bridgehead atoms. The molecule has 3 aromatic heterocycles. The molecule has 2 atom stereocenters. The first-order valence-electron chi connectivity index (χ1n) is 9.79. The van der Waals surface area contributed by atoms with Crippen LogP contribution < -0.4 is 5.32 Å². The number of carbonyl (C=O) groups excluding carboxylic acids is 1. The molecule has 3 heterocycles. The Kier molecular flexibility index (Phi) is 5.36. The second-order valence-electron chi connectivity index (χ2n) is 8.06. The van der Waals surface area contributed by atoms with Crippen molar-refractivity contribution in [2.24, 2.45) is 12.5 Å². The Morgan fingerprint density at radius 3 is 2.97 bits per heavy atom. The predicted molar refractivity (Wildman–Crippen MR) is 113 cm³/mol. The monoisotopic (exact) mass is 431 g/mol. The highest BCUT2D eigenvalue weighted by Crippen LogP contribution is 2.38. The SMILES string of the molecule is COC(=O)[C@]1(C)CCCC(Nc2nc(-c3cn(C)c4ncc(Cl)cc34)ncc2F)C1. The van der Waals surface area contributed by atoms with E-state index in [0.29, 0.717) is 22.8 Å². The number of rotatable bonds is 4. The van der Waals surface area contributed by atoms with Gasteiger partial charge in [0.25, 0.3) is 0 Å². The third-order valence-corrected chi connectivity index (χ3v) is 5.97. The molecule has 0 saturated heterocycles. The van der Waals surface area contributed by atoms with Crippen molar-refractivity contribution in [2.45, 2.75) is 38.6 Å². The molecule has 1 unspecified atom stereocenters. The molecule has 30 heavy (non-hydrogen) atoms. The third kappa shape index (κ3) is 3.71. The van der Waals surface area contributed by atoms with E-state index in [2.05, 4.69) is 20.3 Å². The van der Waals surface area contributed by atoms with Gasteiger partial charge in [-0.2, -0.15) is 0 Å². The van der Waals surface area contributed by atoms with Crippen LogP contribution >= 0.6 is 11.6 Å². The normalized spacial score (nSPS) is 21.6. The minimum atomic E-state index is -0.588. The van der Waals surface area contributed by atoms with Gasteiger partial charge in [-0.15, -0.1) is 0 Å². The highest BCUT2D eigenvalue weighted by atomic mass is 35.5.